The molecule has 0 unspecified atom stereocenters. The highest BCUT2D eigenvalue weighted by Crippen LogP contribution is 2.21. The molecule has 2 heterocycles. The monoisotopic (exact) mass is 344 g/mol. The van der Waals surface area contributed by atoms with Crippen LogP contribution < -0.4 is 0 Å². The number of hydrogen-bond donors (Lipinski definition) is 0. The summed E-state index contributed by atoms with van der Waals surface area (Å²) in [5.41, 5.74) is 0.980. The van der Waals surface area contributed by atoms with Gasteiger partial charge >= 0.3 is 0 Å². The van der Waals surface area contributed by atoms with Crippen molar-refractivity contribution in [3.63, 3.8) is 0 Å². The molecular formula is C19H21FN2O3. The summed E-state index contributed by atoms with van der Waals surface area (Å²) in [5.74, 6) is -0.764. The van der Waals surface area contributed by atoms with E-state index in [4.69, 9.17) is 4.42 Å². The average Bonchev–Trinajstić information content (AvgIpc) is 3.17. The molecule has 2 aromatic rings. The molecule has 6 heteroatoms. The van der Waals surface area contributed by atoms with Gasteiger partial charge in [0.05, 0.1) is 17.7 Å². The molecule has 1 aliphatic heterocycles. The number of halogens is 1. The molecule has 1 fully saturated rings. The first-order valence-electron chi connectivity index (χ1n) is 8.36. The maximum atomic E-state index is 13.8. The molecule has 2 amide bonds. The third-order valence-electron chi connectivity index (χ3n) is 4.57. The van der Waals surface area contributed by atoms with Crippen molar-refractivity contribution in [2.24, 2.45) is 5.92 Å². The number of amides is 2. The molecule has 0 radical (unpaired) electrons. The van der Waals surface area contributed by atoms with E-state index in [1.165, 1.54) is 23.5 Å². The van der Waals surface area contributed by atoms with Crippen molar-refractivity contribution in [2.45, 2.75) is 19.4 Å². The second kappa shape index (κ2) is 7.51. The highest BCUT2D eigenvalue weighted by molar-refractivity contribution is 5.94. The van der Waals surface area contributed by atoms with Crippen LogP contribution in [0.4, 0.5) is 4.39 Å². The molecule has 5 nitrogen and oxygen atoms in total. The largest absolute Gasteiger partial charge is 0.472 e. The number of piperidine rings is 1. The van der Waals surface area contributed by atoms with Gasteiger partial charge in [0.1, 0.15) is 12.1 Å². The molecule has 0 aliphatic carbocycles. The van der Waals surface area contributed by atoms with E-state index in [1.54, 1.807) is 36.2 Å². The molecule has 3 rings (SSSR count). The molecule has 1 aliphatic rings. The van der Waals surface area contributed by atoms with E-state index in [1.807, 2.05) is 0 Å². The van der Waals surface area contributed by atoms with E-state index in [-0.39, 0.29) is 30.1 Å². The van der Waals surface area contributed by atoms with Crippen LogP contribution in [-0.4, -0.2) is 41.8 Å². The first-order valence-corrected chi connectivity index (χ1v) is 8.36. The minimum atomic E-state index is -0.317. The lowest BCUT2D eigenvalue weighted by molar-refractivity contribution is -0.136. The van der Waals surface area contributed by atoms with E-state index < -0.39 is 0 Å². The highest BCUT2D eigenvalue weighted by atomic mass is 19.1. The molecule has 1 aromatic carbocycles. The van der Waals surface area contributed by atoms with Crippen LogP contribution in [0.1, 0.15) is 28.8 Å². The summed E-state index contributed by atoms with van der Waals surface area (Å²) in [7, 11) is 1.67. The standard InChI is InChI=1S/C19H21FN2O3/c1-21(11-14-5-2-3-7-17(14)20)18(23)15-6-4-9-22(12-15)19(24)16-8-10-25-13-16/h2-3,5,7-8,10,13,15H,4,6,9,11-12H2,1H3/t15-/m0/s1. The zero-order valence-corrected chi connectivity index (χ0v) is 14.2. The Labute approximate surface area is 146 Å². The lowest BCUT2D eigenvalue weighted by Gasteiger charge is -2.33. The quantitative estimate of drug-likeness (QED) is 0.857. The summed E-state index contributed by atoms with van der Waals surface area (Å²) >= 11 is 0. The third-order valence-corrected chi connectivity index (χ3v) is 4.57. The Hall–Kier alpha value is -2.63. The average molecular weight is 344 g/mol. The fourth-order valence-electron chi connectivity index (χ4n) is 3.20. The molecule has 0 saturated carbocycles. The summed E-state index contributed by atoms with van der Waals surface area (Å²) in [6, 6.07) is 8.07. The topological polar surface area (TPSA) is 53.8 Å². The molecule has 0 N–H and O–H groups in total. The zero-order chi connectivity index (χ0) is 17.8. The Morgan fingerprint density at radius 3 is 2.84 bits per heavy atom. The van der Waals surface area contributed by atoms with Gasteiger partial charge in [-0.3, -0.25) is 9.59 Å². The van der Waals surface area contributed by atoms with Gasteiger partial charge in [0, 0.05) is 32.2 Å². The molecule has 0 bridgehead atoms. The Morgan fingerprint density at radius 1 is 1.32 bits per heavy atom. The van der Waals surface area contributed by atoms with Gasteiger partial charge in [-0.1, -0.05) is 18.2 Å². The van der Waals surface area contributed by atoms with Gasteiger partial charge in [0.2, 0.25) is 5.91 Å². The lowest BCUT2D eigenvalue weighted by atomic mass is 9.96. The second-order valence-corrected chi connectivity index (χ2v) is 6.39. The van der Waals surface area contributed by atoms with Gasteiger partial charge < -0.3 is 14.2 Å². The third kappa shape index (κ3) is 3.90. The number of carbonyl (C=O) groups is 2. The van der Waals surface area contributed by atoms with Gasteiger partial charge in [-0.2, -0.15) is 0 Å². The zero-order valence-electron chi connectivity index (χ0n) is 14.2. The van der Waals surface area contributed by atoms with Crippen LogP contribution in [0.2, 0.25) is 0 Å². The number of rotatable bonds is 4. The number of furan rings is 1. The van der Waals surface area contributed by atoms with Crippen LogP contribution in [0.3, 0.4) is 0 Å². The first-order chi connectivity index (χ1) is 12.1. The maximum absolute atomic E-state index is 13.8. The fraction of sp³-hybridized carbons (Fsp3) is 0.368. The summed E-state index contributed by atoms with van der Waals surface area (Å²) in [6.07, 6.45) is 4.38. The molecule has 1 aromatic heterocycles. The second-order valence-electron chi connectivity index (χ2n) is 6.39. The van der Waals surface area contributed by atoms with Gasteiger partial charge in [0.25, 0.3) is 5.91 Å². The van der Waals surface area contributed by atoms with Crippen LogP contribution in [0.5, 0.6) is 0 Å². The Balaban J connectivity index is 1.63. The minimum absolute atomic E-state index is 0.0621. The van der Waals surface area contributed by atoms with Crippen molar-refractivity contribution in [1.29, 1.82) is 0 Å². The van der Waals surface area contributed by atoms with Crippen LogP contribution in [0, 0.1) is 11.7 Å². The van der Waals surface area contributed by atoms with Crippen LogP contribution in [0.15, 0.2) is 47.3 Å². The molecule has 25 heavy (non-hydrogen) atoms. The summed E-state index contributed by atoms with van der Waals surface area (Å²) in [4.78, 5) is 28.4. The molecule has 0 spiro atoms. The summed E-state index contributed by atoms with van der Waals surface area (Å²) < 4.78 is 18.7. The van der Waals surface area contributed by atoms with Crippen LogP contribution >= 0.6 is 0 Å². The van der Waals surface area contributed by atoms with Crippen molar-refractivity contribution >= 4 is 11.8 Å². The SMILES string of the molecule is CN(Cc1ccccc1F)C(=O)[C@H]1CCCN(C(=O)c2ccoc2)C1. The number of nitrogens with zero attached hydrogens (tertiary/aromatic N) is 2. The highest BCUT2D eigenvalue weighted by Gasteiger charge is 2.31. The van der Waals surface area contributed by atoms with E-state index >= 15 is 0 Å². The Bertz CT molecular complexity index is 745. The van der Waals surface area contributed by atoms with E-state index in [0.717, 1.165) is 12.8 Å². The Morgan fingerprint density at radius 2 is 2.12 bits per heavy atom. The van der Waals surface area contributed by atoms with Crippen molar-refractivity contribution < 1.29 is 18.4 Å². The Kier molecular flexibility index (Phi) is 5.16. The van der Waals surface area contributed by atoms with Crippen molar-refractivity contribution in [2.75, 3.05) is 20.1 Å². The number of hydrogen-bond acceptors (Lipinski definition) is 3. The molecule has 132 valence electrons. The number of carbonyl (C=O) groups excluding carboxylic acids is 2. The number of likely N-dealkylation sites (tertiary alicyclic amines) is 1. The maximum Gasteiger partial charge on any atom is 0.257 e. The van der Waals surface area contributed by atoms with Crippen molar-refractivity contribution in [3.8, 4) is 0 Å². The molecular weight excluding hydrogens is 323 g/mol. The van der Waals surface area contributed by atoms with Crippen molar-refractivity contribution in [1.82, 2.24) is 9.80 Å². The lowest BCUT2D eigenvalue weighted by Crippen LogP contribution is -2.45. The van der Waals surface area contributed by atoms with E-state index in [0.29, 0.717) is 24.2 Å². The molecule has 1 atom stereocenters. The van der Waals surface area contributed by atoms with Gasteiger partial charge in [-0.15, -0.1) is 0 Å². The van der Waals surface area contributed by atoms with E-state index in [9.17, 15) is 14.0 Å². The van der Waals surface area contributed by atoms with Crippen molar-refractivity contribution in [3.05, 3.63) is 59.8 Å². The molecule has 1 saturated heterocycles. The summed E-state index contributed by atoms with van der Waals surface area (Å²) in [5, 5.41) is 0. The number of benzene rings is 1. The van der Waals surface area contributed by atoms with Crippen LogP contribution in [0.25, 0.3) is 0 Å². The predicted molar refractivity (Wildman–Crippen MR) is 90.2 cm³/mol. The van der Waals surface area contributed by atoms with Gasteiger partial charge in [-0.05, 0) is 25.0 Å². The predicted octanol–water partition coefficient (Wildman–Crippen LogP) is 2.93. The minimum Gasteiger partial charge on any atom is -0.472 e. The van der Waals surface area contributed by atoms with E-state index in [2.05, 4.69) is 0 Å². The van der Waals surface area contributed by atoms with Gasteiger partial charge in [0.15, 0.2) is 0 Å². The van der Waals surface area contributed by atoms with Gasteiger partial charge in [-0.25, -0.2) is 4.39 Å². The summed E-state index contributed by atoms with van der Waals surface area (Å²) in [6.45, 7) is 1.23. The van der Waals surface area contributed by atoms with Crippen LogP contribution in [-0.2, 0) is 11.3 Å². The smallest absolute Gasteiger partial charge is 0.257 e. The first kappa shape index (κ1) is 17.2. The fourth-order valence-corrected chi connectivity index (χ4v) is 3.20. The normalized spacial score (nSPS) is 17.4.